The molecular formula is C29H32ClNO5. The number of halogens is 1. The summed E-state index contributed by atoms with van der Waals surface area (Å²) in [5, 5.41) is 9.43. The number of ketones is 2. The lowest BCUT2D eigenvalue weighted by Gasteiger charge is -2.35. The Morgan fingerprint density at radius 2 is 1.86 bits per heavy atom. The van der Waals surface area contributed by atoms with Crippen LogP contribution < -0.4 is 0 Å². The van der Waals surface area contributed by atoms with Crippen LogP contribution in [0.1, 0.15) is 46.6 Å². The fourth-order valence-electron chi connectivity index (χ4n) is 4.13. The van der Waals surface area contributed by atoms with Crippen LogP contribution in [0.2, 0.25) is 0 Å². The van der Waals surface area contributed by atoms with Gasteiger partial charge in [0, 0.05) is 36.5 Å². The quantitative estimate of drug-likeness (QED) is 0.281. The van der Waals surface area contributed by atoms with Crippen molar-refractivity contribution < 1.29 is 24.2 Å². The van der Waals surface area contributed by atoms with Gasteiger partial charge in [0.05, 0.1) is 5.03 Å². The maximum atomic E-state index is 13.4. The molecule has 2 atom stereocenters. The third-order valence-electron chi connectivity index (χ3n) is 6.38. The number of nitrogens with zero attached hydrogens (tertiary/aromatic N) is 1. The third kappa shape index (κ3) is 5.88. The molecule has 0 aromatic heterocycles. The topological polar surface area (TPSA) is 83.9 Å². The number of benzene rings is 1. The third-order valence-corrected chi connectivity index (χ3v) is 6.76. The van der Waals surface area contributed by atoms with E-state index >= 15 is 0 Å². The molecule has 0 saturated heterocycles. The lowest BCUT2D eigenvalue weighted by Crippen LogP contribution is -2.52. The average Bonchev–Trinajstić information content (AvgIpc) is 2.84. The number of fused-ring (bicyclic) bond motifs is 1. The summed E-state index contributed by atoms with van der Waals surface area (Å²) in [6, 6.07) is 6.94. The number of rotatable bonds is 8. The average molecular weight is 510 g/mol. The van der Waals surface area contributed by atoms with Crippen LogP contribution in [0.3, 0.4) is 0 Å². The summed E-state index contributed by atoms with van der Waals surface area (Å²) in [5.41, 5.74) is 1.41. The molecule has 6 nitrogen and oxygen atoms in total. The van der Waals surface area contributed by atoms with E-state index in [4.69, 9.17) is 16.3 Å². The van der Waals surface area contributed by atoms with Gasteiger partial charge in [0.2, 0.25) is 17.2 Å². The van der Waals surface area contributed by atoms with Crippen molar-refractivity contribution >= 4 is 29.1 Å². The Bertz CT molecular complexity index is 1220. The molecule has 1 N–H and O–H groups in total. The summed E-state index contributed by atoms with van der Waals surface area (Å²) in [7, 11) is 0. The Hall–Kier alpha value is -3.38. The van der Waals surface area contributed by atoms with Gasteiger partial charge < -0.3 is 14.7 Å². The summed E-state index contributed by atoms with van der Waals surface area (Å²) in [6.07, 6.45) is 11.2. The number of carbonyl (C=O) groups is 3. The number of hydrogen-bond donors (Lipinski definition) is 1. The summed E-state index contributed by atoms with van der Waals surface area (Å²) < 4.78 is 5.17. The number of phenols is 1. The lowest BCUT2D eigenvalue weighted by molar-refractivity contribution is -0.167. The van der Waals surface area contributed by atoms with E-state index in [0.29, 0.717) is 24.5 Å². The van der Waals surface area contributed by atoms with Gasteiger partial charge in [-0.15, -0.1) is 0 Å². The molecule has 1 aromatic rings. The first kappa shape index (κ1) is 27.2. The lowest BCUT2D eigenvalue weighted by atomic mass is 9.79. The van der Waals surface area contributed by atoms with Crippen molar-refractivity contribution in [1.29, 1.82) is 0 Å². The molecule has 0 fully saturated rings. The van der Waals surface area contributed by atoms with Gasteiger partial charge >= 0.3 is 5.97 Å². The number of Topliss-reactive ketones (excluding diaryl/α,β-unsaturated/α-hetero) is 2. The van der Waals surface area contributed by atoms with Crippen molar-refractivity contribution in [2.24, 2.45) is 5.92 Å². The SMILES string of the molecule is CCC(C)/C=C(C)/C=C/C1=CC2=C(Cl)C(=O)C(C)(OC(C)=O)C(=O)C2=CN1CCc1ccc(O)cc1. The van der Waals surface area contributed by atoms with Crippen molar-refractivity contribution in [3.63, 3.8) is 0 Å². The first-order valence-corrected chi connectivity index (χ1v) is 12.4. The van der Waals surface area contributed by atoms with Crippen LogP contribution in [0.5, 0.6) is 5.75 Å². The first-order valence-electron chi connectivity index (χ1n) is 12.0. The largest absolute Gasteiger partial charge is 0.508 e. The normalized spacial score (nSPS) is 21.4. The number of ether oxygens (including phenoxy) is 1. The van der Waals surface area contributed by atoms with E-state index in [1.807, 2.05) is 36.1 Å². The van der Waals surface area contributed by atoms with Crippen molar-refractivity contribution in [3.8, 4) is 5.75 Å². The van der Waals surface area contributed by atoms with Gasteiger partial charge in [0.1, 0.15) is 5.75 Å². The van der Waals surface area contributed by atoms with Gasteiger partial charge in [-0.3, -0.25) is 14.4 Å². The molecule has 7 heteroatoms. The zero-order valence-electron chi connectivity index (χ0n) is 21.3. The fourth-order valence-corrected chi connectivity index (χ4v) is 4.47. The van der Waals surface area contributed by atoms with Crippen LogP contribution in [0.25, 0.3) is 0 Å². The van der Waals surface area contributed by atoms with Crippen molar-refractivity contribution in [2.45, 2.75) is 53.1 Å². The maximum absolute atomic E-state index is 13.4. The standard InChI is InChI=1S/C29H32ClNO5/c1-6-18(2)15-19(3)7-10-22-16-24-25(17-31(22)14-13-21-8-11-23(33)12-9-21)27(34)29(5,36-20(4)32)28(35)26(24)30/h7-12,15-18,33H,6,13-14H2,1-5H3/b10-7+,19-15+. The molecule has 0 spiro atoms. The van der Waals surface area contributed by atoms with E-state index in [-0.39, 0.29) is 16.4 Å². The number of esters is 1. The monoisotopic (exact) mass is 509 g/mol. The highest BCUT2D eigenvalue weighted by molar-refractivity contribution is 6.49. The molecule has 0 saturated carbocycles. The summed E-state index contributed by atoms with van der Waals surface area (Å²) in [4.78, 5) is 40.0. The Balaban J connectivity index is 2.03. The van der Waals surface area contributed by atoms with Gasteiger partial charge in [-0.1, -0.05) is 61.7 Å². The van der Waals surface area contributed by atoms with Crippen LogP contribution in [-0.2, 0) is 25.5 Å². The van der Waals surface area contributed by atoms with Gasteiger partial charge in [-0.25, -0.2) is 0 Å². The molecule has 2 aliphatic rings. The smallest absolute Gasteiger partial charge is 0.304 e. The molecule has 1 aliphatic carbocycles. The number of phenolic OH excluding ortho intramolecular Hbond substituents is 1. The zero-order valence-corrected chi connectivity index (χ0v) is 22.1. The Kier molecular flexibility index (Phi) is 8.41. The Morgan fingerprint density at radius 1 is 1.19 bits per heavy atom. The van der Waals surface area contributed by atoms with E-state index in [2.05, 4.69) is 19.9 Å². The Morgan fingerprint density at radius 3 is 2.47 bits per heavy atom. The molecule has 1 aliphatic heterocycles. The number of hydrogen-bond acceptors (Lipinski definition) is 6. The van der Waals surface area contributed by atoms with Crippen molar-refractivity contribution in [3.05, 3.63) is 87.8 Å². The summed E-state index contributed by atoms with van der Waals surface area (Å²) >= 11 is 6.45. The highest BCUT2D eigenvalue weighted by Crippen LogP contribution is 2.39. The predicted molar refractivity (Wildman–Crippen MR) is 140 cm³/mol. The van der Waals surface area contributed by atoms with E-state index in [0.717, 1.165) is 30.2 Å². The molecule has 0 bridgehead atoms. The molecule has 190 valence electrons. The minimum atomic E-state index is -2.00. The van der Waals surface area contributed by atoms with Crippen molar-refractivity contribution in [2.75, 3.05) is 6.54 Å². The molecule has 2 unspecified atom stereocenters. The highest BCUT2D eigenvalue weighted by atomic mass is 35.5. The van der Waals surface area contributed by atoms with Crippen LogP contribution in [-0.4, -0.2) is 39.7 Å². The van der Waals surface area contributed by atoms with Crippen molar-refractivity contribution in [1.82, 2.24) is 4.90 Å². The predicted octanol–water partition coefficient (Wildman–Crippen LogP) is 5.53. The van der Waals surface area contributed by atoms with Gasteiger partial charge in [-0.2, -0.15) is 0 Å². The molecule has 1 heterocycles. The van der Waals surface area contributed by atoms with E-state index < -0.39 is 23.1 Å². The van der Waals surface area contributed by atoms with E-state index in [1.165, 1.54) is 6.92 Å². The fraction of sp³-hybridized carbons (Fsp3) is 0.345. The van der Waals surface area contributed by atoms with Crippen LogP contribution in [0.4, 0.5) is 0 Å². The molecule has 0 radical (unpaired) electrons. The van der Waals surface area contributed by atoms with Gasteiger partial charge in [0.25, 0.3) is 0 Å². The van der Waals surface area contributed by atoms with Crippen LogP contribution in [0.15, 0.2) is 82.2 Å². The van der Waals surface area contributed by atoms with E-state index in [9.17, 15) is 19.5 Å². The minimum absolute atomic E-state index is 0.138. The minimum Gasteiger partial charge on any atom is -0.508 e. The molecule has 0 amide bonds. The second kappa shape index (κ2) is 11.1. The maximum Gasteiger partial charge on any atom is 0.304 e. The summed E-state index contributed by atoms with van der Waals surface area (Å²) in [6.45, 7) is 9.26. The van der Waals surface area contributed by atoms with Gasteiger partial charge in [0.15, 0.2) is 0 Å². The highest BCUT2D eigenvalue weighted by Gasteiger charge is 2.52. The number of allylic oxidation sites excluding steroid dienone is 6. The van der Waals surface area contributed by atoms with Crippen LogP contribution in [0, 0.1) is 5.92 Å². The molecular weight excluding hydrogens is 478 g/mol. The molecule has 1 aromatic carbocycles. The van der Waals surface area contributed by atoms with Crippen LogP contribution >= 0.6 is 11.6 Å². The zero-order chi connectivity index (χ0) is 26.6. The summed E-state index contributed by atoms with van der Waals surface area (Å²) in [5.74, 6) is -1.45. The molecule has 3 rings (SSSR count). The first-order chi connectivity index (χ1) is 17.0. The number of aromatic hydroxyl groups is 1. The Labute approximate surface area is 217 Å². The second-order valence-electron chi connectivity index (χ2n) is 9.36. The second-order valence-corrected chi connectivity index (χ2v) is 9.74. The molecule has 36 heavy (non-hydrogen) atoms. The van der Waals surface area contributed by atoms with Gasteiger partial charge in [-0.05, 0) is 56.0 Å². The van der Waals surface area contributed by atoms with E-state index in [1.54, 1.807) is 24.4 Å². The number of carbonyl (C=O) groups excluding carboxylic acids is 3.